The number of esters is 1. The smallest absolute Gasteiger partial charge is 0.432 e. The van der Waals surface area contributed by atoms with Crippen molar-refractivity contribution in [2.75, 3.05) is 6.54 Å². The molecule has 0 aliphatic carbocycles. The minimum Gasteiger partial charge on any atom is -0.743 e. The Labute approximate surface area is 115 Å². The Bertz CT molecular complexity index is 502. The van der Waals surface area contributed by atoms with Crippen molar-refractivity contribution in [1.29, 1.82) is 0 Å². The van der Waals surface area contributed by atoms with E-state index in [1.165, 1.54) is 0 Å². The number of ether oxygens (including phenoxy) is 1. The molecular weight excluding hydrogens is 333 g/mol. The summed E-state index contributed by atoms with van der Waals surface area (Å²) in [6.07, 6.45) is -11.3. The van der Waals surface area contributed by atoms with E-state index >= 15 is 0 Å². The molecule has 1 atom stereocenters. The van der Waals surface area contributed by atoms with Crippen molar-refractivity contribution in [3.63, 3.8) is 0 Å². The second-order valence-electron chi connectivity index (χ2n) is 3.66. The summed E-state index contributed by atoms with van der Waals surface area (Å²) < 4.78 is 96.7. The number of hydrogen-bond donors (Lipinski definition) is 1. The van der Waals surface area contributed by atoms with Crippen LogP contribution in [0.5, 0.6) is 0 Å². The van der Waals surface area contributed by atoms with Crippen LogP contribution in [0.2, 0.25) is 0 Å². The van der Waals surface area contributed by atoms with E-state index in [0.29, 0.717) is 0 Å². The third-order valence-corrected chi connectivity index (χ3v) is 2.77. The summed E-state index contributed by atoms with van der Waals surface area (Å²) in [4.78, 5) is 21.4. The number of halogens is 5. The van der Waals surface area contributed by atoms with Crippen LogP contribution >= 0.6 is 0 Å². The molecule has 0 saturated heterocycles. The van der Waals surface area contributed by atoms with E-state index in [1.54, 1.807) is 0 Å². The van der Waals surface area contributed by atoms with Gasteiger partial charge in [0.25, 0.3) is 6.10 Å². The summed E-state index contributed by atoms with van der Waals surface area (Å²) in [5.41, 5.74) is 0. The van der Waals surface area contributed by atoms with Crippen LogP contribution in [0, 0.1) is 0 Å². The van der Waals surface area contributed by atoms with Gasteiger partial charge in [-0.2, -0.15) is 22.0 Å². The van der Waals surface area contributed by atoms with Crippen molar-refractivity contribution in [3.05, 3.63) is 0 Å². The van der Waals surface area contributed by atoms with Crippen molar-refractivity contribution in [2.24, 2.45) is 0 Å². The predicted octanol–water partition coefficient (Wildman–Crippen LogP) is 0.125. The zero-order valence-electron chi connectivity index (χ0n) is 10.2. The molecule has 124 valence electrons. The van der Waals surface area contributed by atoms with E-state index < -0.39 is 52.5 Å². The van der Waals surface area contributed by atoms with E-state index in [1.807, 2.05) is 5.32 Å². The van der Waals surface area contributed by atoms with Gasteiger partial charge in [-0.15, -0.1) is 0 Å². The Morgan fingerprint density at radius 2 is 1.71 bits per heavy atom. The highest BCUT2D eigenvalue weighted by Crippen LogP contribution is 2.38. The van der Waals surface area contributed by atoms with Crippen LogP contribution in [-0.4, -0.2) is 48.9 Å². The summed E-state index contributed by atoms with van der Waals surface area (Å²) in [6, 6.07) is 0. The van der Waals surface area contributed by atoms with Gasteiger partial charge in [0.15, 0.2) is 10.1 Å². The van der Waals surface area contributed by atoms with Crippen molar-refractivity contribution in [3.8, 4) is 0 Å². The average molecular weight is 342 g/mol. The normalized spacial score (nSPS) is 14.4. The zero-order valence-corrected chi connectivity index (χ0v) is 11.1. The average Bonchev–Trinajstić information content (AvgIpc) is 2.21. The molecule has 0 aliphatic rings. The second-order valence-corrected chi connectivity index (χ2v) is 5.11. The molecule has 13 heteroatoms. The van der Waals surface area contributed by atoms with Gasteiger partial charge in [0, 0.05) is 13.5 Å². The summed E-state index contributed by atoms with van der Waals surface area (Å²) in [7, 11) is -6.71. The van der Waals surface area contributed by atoms with Crippen LogP contribution in [-0.2, 0) is 24.4 Å². The van der Waals surface area contributed by atoms with Crippen LogP contribution in [0.1, 0.15) is 13.3 Å². The molecular formula is C8H9F5NO6S-. The Hall–Kier alpha value is -1.50. The predicted molar refractivity (Wildman–Crippen MR) is 53.9 cm³/mol. The lowest BCUT2D eigenvalue weighted by Gasteiger charge is -2.29. The van der Waals surface area contributed by atoms with Crippen LogP contribution in [0.25, 0.3) is 0 Å². The molecule has 21 heavy (non-hydrogen) atoms. The third kappa shape index (κ3) is 5.79. The second kappa shape index (κ2) is 6.51. The highest BCUT2D eigenvalue weighted by atomic mass is 32.2. The molecule has 1 unspecified atom stereocenters. The highest BCUT2D eigenvalue weighted by molar-refractivity contribution is 7.86. The Kier molecular flexibility index (Phi) is 6.05. The highest BCUT2D eigenvalue weighted by Gasteiger charge is 2.62. The number of carbonyl (C=O) groups excluding carboxylic acids is 2. The molecule has 1 N–H and O–H groups in total. The summed E-state index contributed by atoms with van der Waals surface area (Å²) >= 11 is 0. The minimum absolute atomic E-state index is 0.519. The van der Waals surface area contributed by atoms with Crippen molar-refractivity contribution in [2.45, 2.75) is 30.9 Å². The summed E-state index contributed by atoms with van der Waals surface area (Å²) in [5.74, 6) is -2.52. The van der Waals surface area contributed by atoms with Gasteiger partial charge in [-0.25, -0.2) is 8.42 Å². The van der Waals surface area contributed by atoms with E-state index in [4.69, 9.17) is 0 Å². The molecule has 1 amide bonds. The molecule has 0 aromatic carbocycles. The first-order chi connectivity index (χ1) is 9.19. The maximum absolute atomic E-state index is 12.9. The van der Waals surface area contributed by atoms with E-state index in [2.05, 4.69) is 4.74 Å². The Balaban J connectivity index is 5.06. The first kappa shape index (κ1) is 19.5. The Morgan fingerprint density at radius 3 is 2.05 bits per heavy atom. The van der Waals surface area contributed by atoms with Crippen molar-refractivity contribution < 1.29 is 49.2 Å². The fraction of sp³-hybridized carbons (Fsp3) is 0.750. The molecule has 0 fully saturated rings. The number of alkyl halides is 5. The number of hydrogen-bond acceptors (Lipinski definition) is 6. The molecule has 0 heterocycles. The van der Waals surface area contributed by atoms with Crippen LogP contribution in [0.15, 0.2) is 0 Å². The lowest BCUT2D eigenvalue weighted by atomic mass is 10.3. The van der Waals surface area contributed by atoms with E-state index in [-0.39, 0.29) is 0 Å². The molecule has 0 saturated carbocycles. The van der Waals surface area contributed by atoms with Gasteiger partial charge >= 0.3 is 17.4 Å². The van der Waals surface area contributed by atoms with Crippen LogP contribution < -0.4 is 5.32 Å². The minimum atomic E-state index is -6.71. The Morgan fingerprint density at radius 1 is 1.24 bits per heavy atom. The quantitative estimate of drug-likeness (QED) is 0.417. The number of amides is 1. The van der Waals surface area contributed by atoms with Gasteiger partial charge in [0.2, 0.25) is 5.91 Å². The van der Waals surface area contributed by atoms with Gasteiger partial charge in [-0.1, -0.05) is 0 Å². The largest absolute Gasteiger partial charge is 0.743 e. The first-order valence-corrected chi connectivity index (χ1v) is 6.44. The zero-order chi connectivity index (χ0) is 17.1. The standard InChI is InChI=1S/C8H10F5NO6S/c1-4(15)14-3-2-5(16)20-6(7(9,10)11)8(12,13)21(17,18)19/h6H,2-3H2,1H3,(H,14,15)(H,17,18,19)/p-1. The molecule has 0 aromatic heterocycles. The molecule has 0 aromatic rings. The molecule has 0 radical (unpaired) electrons. The fourth-order valence-corrected chi connectivity index (χ4v) is 1.43. The maximum Gasteiger partial charge on any atom is 0.432 e. The lowest BCUT2D eigenvalue weighted by Crippen LogP contribution is -2.52. The topological polar surface area (TPSA) is 113 Å². The monoisotopic (exact) mass is 342 g/mol. The SMILES string of the molecule is CC(=O)NCCC(=O)OC(C(F)(F)F)C(F)(F)S(=O)(=O)[O-]. The van der Waals surface area contributed by atoms with Gasteiger partial charge in [0.05, 0.1) is 6.42 Å². The van der Waals surface area contributed by atoms with Gasteiger partial charge in [-0.05, 0) is 0 Å². The molecule has 7 nitrogen and oxygen atoms in total. The van der Waals surface area contributed by atoms with E-state index in [9.17, 15) is 44.5 Å². The number of carbonyl (C=O) groups is 2. The fourth-order valence-electron chi connectivity index (χ4n) is 0.988. The number of rotatable bonds is 6. The van der Waals surface area contributed by atoms with Crippen molar-refractivity contribution in [1.82, 2.24) is 5.32 Å². The van der Waals surface area contributed by atoms with E-state index in [0.717, 1.165) is 6.92 Å². The lowest BCUT2D eigenvalue weighted by molar-refractivity contribution is -0.259. The summed E-state index contributed by atoms with van der Waals surface area (Å²) in [6.45, 7) is 0.496. The molecule has 0 bridgehead atoms. The van der Waals surface area contributed by atoms with Gasteiger partial charge < -0.3 is 14.6 Å². The van der Waals surface area contributed by atoms with Gasteiger partial charge in [-0.3, -0.25) is 9.59 Å². The molecule has 0 rings (SSSR count). The third-order valence-electron chi connectivity index (χ3n) is 1.89. The van der Waals surface area contributed by atoms with Crippen molar-refractivity contribution >= 4 is 22.0 Å². The van der Waals surface area contributed by atoms with Crippen LogP contribution in [0.3, 0.4) is 0 Å². The number of nitrogens with one attached hydrogen (secondary N) is 1. The first-order valence-electron chi connectivity index (χ1n) is 5.03. The molecule has 0 aliphatic heterocycles. The van der Waals surface area contributed by atoms with Gasteiger partial charge in [0.1, 0.15) is 0 Å². The van der Waals surface area contributed by atoms with Crippen LogP contribution in [0.4, 0.5) is 22.0 Å². The maximum atomic E-state index is 12.9. The summed E-state index contributed by atoms with van der Waals surface area (Å²) in [5, 5.41) is -3.91. The molecule has 0 spiro atoms.